The van der Waals surface area contributed by atoms with Gasteiger partial charge < -0.3 is 4.90 Å². The molecule has 0 unspecified atom stereocenters. The van der Waals surface area contributed by atoms with Gasteiger partial charge in [-0.05, 0) is 12.8 Å². The van der Waals surface area contributed by atoms with Gasteiger partial charge in [0.25, 0.3) is 11.6 Å². The first-order valence-electron chi connectivity index (χ1n) is 5.82. The lowest BCUT2D eigenvalue weighted by molar-refractivity contribution is -0.384. The molecule has 1 amide bonds. The minimum atomic E-state index is -0.558. The number of amides is 1. The Morgan fingerprint density at radius 1 is 1.33 bits per heavy atom. The fourth-order valence-corrected chi connectivity index (χ4v) is 3.21. The number of carbonyl (C=O) groups is 1. The second-order valence-electron chi connectivity index (χ2n) is 4.23. The predicted octanol–water partition coefficient (Wildman–Crippen LogP) is 3.33. The van der Waals surface area contributed by atoms with Gasteiger partial charge in [0, 0.05) is 19.2 Å². The number of halogens is 1. The number of nitrogens with zero attached hydrogens (tertiary/aromatic N) is 2. The molecule has 1 aromatic rings. The molecular weight excluding hydrogens is 276 g/mol. The summed E-state index contributed by atoms with van der Waals surface area (Å²) in [5.41, 5.74) is -0.181. The number of hydrogen-bond donors (Lipinski definition) is 0. The molecule has 1 aromatic heterocycles. The predicted molar refractivity (Wildman–Crippen MR) is 70.4 cm³/mol. The zero-order valence-electron chi connectivity index (χ0n) is 9.73. The van der Waals surface area contributed by atoms with E-state index in [4.69, 9.17) is 11.6 Å². The van der Waals surface area contributed by atoms with Crippen LogP contribution in [0.25, 0.3) is 0 Å². The normalized spacial score (nSPS) is 16.4. The van der Waals surface area contributed by atoms with Crippen molar-refractivity contribution >= 4 is 34.5 Å². The molecule has 0 aliphatic carbocycles. The lowest BCUT2D eigenvalue weighted by Gasteiger charge is -2.18. The van der Waals surface area contributed by atoms with Crippen molar-refractivity contribution in [2.24, 2.45) is 0 Å². The molecule has 2 heterocycles. The molecule has 0 N–H and O–H groups in total. The van der Waals surface area contributed by atoms with E-state index in [1.165, 1.54) is 6.07 Å². The first kappa shape index (κ1) is 13.3. The molecule has 0 radical (unpaired) electrons. The number of hydrogen-bond acceptors (Lipinski definition) is 4. The van der Waals surface area contributed by atoms with Crippen molar-refractivity contribution in [3.63, 3.8) is 0 Å². The summed E-state index contributed by atoms with van der Waals surface area (Å²) in [6, 6.07) is 1.28. The van der Waals surface area contributed by atoms with Crippen LogP contribution in [0.1, 0.15) is 35.4 Å². The number of thiophene rings is 1. The Labute approximate surface area is 113 Å². The first-order chi connectivity index (χ1) is 8.59. The zero-order valence-corrected chi connectivity index (χ0v) is 11.3. The van der Waals surface area contributed by atoms with Crippen LogP contribution in [0.4, 0.5) is 5.69 Å². The van der Waals surface area contributed by atoms with Crippen molar-refractivity contribution in [2.45, 2.75) is 25.7 Å². The van der Waals surface area contributed by atoms with Crippen molar-refractivity contribution < 1.29 is 9.72 Å². The summed E-state index contributed by atoms with van der Waals surface area (Å²) in [5, 5.41) is 10.7. The minimum absolute atomic E-state index is 0.0678. The fraction of sp³-hybridized carbons (Fsp3) is 0.545. The quantitative estimate of drug-likeness (QED) is 0.619. The summed E-state index contributed by atoms with van der Waals surface area (Å²) >= 11 is 6.75. The van der Waals surface area contributed by atoms with Crippen molar-refractivity contribution in [3.8, 4) is 0 Å². The van der Waals surface area contributed by atoms with Gasteiger partial charge in [0.2, 0.25) is 0 Å². The van der Waals surface area contributed by atoms with Crippen LogP contribution in [0.15, 0.2) is 6.07 Å². The maximum Gasteiger partial charge on any atom is 0.299 e. The highest BCUT2D eigenvalue weighted by Gasteiger charge is 2.24. The van der Waals surface area contributed by atoms with Crippen molar-refractivity contribution in [2.75, 3.05) is 13.1 Å². The lowest BCUT2D eigenvalue weighted by Crippen LogP contribution is -2.31. The monoisotopic (exact) mass is 288 g/mol. The minimum Gasteiger partial charge on any atom is -0.338 e. The Morgan fingerprint density at radius 3 is 2.44 bits per heavy atom. The lowest BCUT2D eigenvalue weighted by atomic mass is 10.2. The van der Waals surface area contributed by atoms with Crippen molar-refractivity contribution in [3.05, 3.63) is 25.4 Å². The highest BCUT2D eigenvalue weighted by Crippen LogP contribution is 2.34. The SMILES string of the molecule is O=C(c1cc([N+](=O)[O-])c(Cl)s1)N1CCCCCC1. The van der Waals surface area contributed by atoms with Gasteiger partial charge in [-0.2, -0.15) is 0 Å². The second kappa shape index (κ2) is 5.67. The van der Waals surface area contributed by atoms with Gasteiger partial charge in [-0.1, -0.05) is 24.4 Å². The third-order valence-electron chi connectivity index (χ3n) is 2.97. The van der Waals surface area contributed by atoms with E-state index in [2.05, 4.69) is 0 Å². The topological polar surface area (TPSA) is 63.4 Å². The average Bonchev–Trinajstić information content (AvgIpc) is 2.56. The second-order valence-corrected chi connectivity index (χ2v) is 5.89. The van der Waals surface area contributed by atoms with E-state index in [1.54, 1.807) is 4.90 Å². The van der Waals surface area contributed by atoms with Crippen LogP contribution in [-0.2, 0) is 0 Å². The van der Waals surface area contributed by atoms with Gasteiger partial charge in [-0.25, -0.2) is 0 Å². The van der Waals surface area contributed by atoms with Crippen LogP contribution in [0.2, 0.25) is 4.34 Å². The molecule has 98 valence electrons. The number of carbonyl (C=O) groups excluding carboxylic acids is 1. The van der Waals surface area contributed by atoms with Crippen LogP contribution in [0.3, 0.4) is 0 Å². The first-order valence-corrected chi connectivity index (χ1v) is 7.02. The van der Waals surface area contributed by atoms with Crippen LogP contribution in [-0.4, -0.2) is 28.8 Å². The summed E-state index contributed by atoms with van der Waals surface area (Å²) in [6.07, 6.45) is 4.25. The Kier molecular flexibility index (Phi) is 4.19. The maximum absolute atomic E-state index is 12.2. The van der Waals surface area contributed by atoms with E-state index in [1.807, 2.05) is 0 Å². The van der Waals surface area contributed by atoms with Crippen LogP contribution in [0, 0.1) is 10.1 Å². The molecule has 0 saturated carbocycles. The van der Waals surface area contributed by atoms with Crippen LogP contribution < -0.4 is 0 Å². The van der Waals surface area contributed by atoms with E-state index in [-0.39, 0.29) is 15.9 Å². The number of likely N-dealkylation sites (tertiary alicyclic amines) is 1. The van der Waals surface area contributed by atoms with Crippen molar-refractivity contribution in [1.29, 1.82) is 0 Å². The molecule has 0 spiro atoms. The van der Waals surface area contributed by atoms with Crippen LogP contribution in [0.5, 0.6) is 0 Å². The molecule has 1 saturated heterocycles. The van der Waals surface area contributed by atoms with E-state index in [9.17, 15) is 14.9 Å². The molecule has 0 aromatic carbocycles. The molecule has 7 heteroatoms. The van der Waals surface area contributed by atoms with Gasteiger partial charge in [0.1, 0.15) is 4.88 Å². The highest BCUT2D eigenvalue weighted by molar-refractivity contribution is 7.18. The van der Waals surface area contributed by atoms with Gasteiger partial charge in [-0.15, -0.1) is 11.3 Å². The molecule has 1 aliphatic rings. The largest absolute Gasteiger partial charge is 0.338 e. The molecule has 1 fully saturated rings. The summed E-state index contributed by atoms with van der Waals surface area (Å²) in [5.74, 6) is -0.142. The van der Waals surface area contributed by atoms with E-state index >= 15 is 0 Å². The fourth-order valence-electron chi connectivity index (χ4n) is 2.02. The number of nitro groups is 1. The summed E-state index contributed by atoms with van der Waals surface area (Å²) in [4.78, 5) is 24.4. The maximum atomic E-state index is 12.2. The Balaban J connectivity index is 2.17. The Morgan fingerprint density at radius 2 is 1.94 bits per heavy atom. The van der Waals surface area contributed by atoms with E-state index in [0.717, 1.165) is 50.1 Å². The number of rotatable bonds is 2. The Hall–Kier alpha value is -1.14. The summed E-state index contributed by atoms with van der Waals surface area (Å²) < 4.78 is 0.0678. The molecule has 5 nitrogen and oxygen atoms in total. The molecule has 1 aliphatic heterocycles. The molecular formula is C11H13ClN2O3S. The third kappa shape index (κ3) is 2.81. The molecule has 18 heavy (non-hydrogen) atoms. The van der Waals surface area contributed by atoms with Gasteiger partial charge in [0.05, 0.1) is 4.92 Å². The molecule has 0 bridgehead atoms. The van der Waals surface area contributed by atoms with E-state index in [0.29, 0.717) is 4.88 Å². The smallest absolute Gasteiger partial charge is 0.299 e. The molecule has 0 atom stereocenters. The van der Waals surface area contributed by atoms with Gasteiger partial charge in [0.15, 0.2) is 4.34 Å². The third-order valence-corrected chi connectivity index (χ3v) is 4.30. The zero-order chi connectivity index (χ0) is 13.1. The Bertz CT molecular complexity index is 467. The van der Waals surface area contributed by atoms with Gasteiger partial charge in [-0.3, -0.25) is 14.9 Å². The highest BCUT2D eigenvalue weighted by atomic mass is 35.5. The summed E-state index contributed by atoms with van der Waals surface area (Å²) in [6.45, 7) is 1.45. The van der Waals surface area contributed by atoms with E-state index < -0.39 is 4.92 Å². The van der Waals surface area contributed by atoms with Crippen LogP contribution >= 0.6 is 22.9 Å². The van der Waals surface area contributed by atoms with Crippen molar-refractivity contribution in [1.82, 2.24) is 4.90 Å². The summed E-state index contributed by atoms with van der Waals surface area (Å²) in [7, 11) is 0. The van der Waals surface area contributed by atoms with Gasteiger partial charge >= 0.3 is 0 Å². The molecule has 2 rings (SSSR count). The standard InChI is InChI=1S/C11H13ClN2O3S/c12-10-8(14(16)17)7-9(18-10)11(15)13-5-3-1-2-4-6-13/h7H,1-6H2. The average molecular weight is 289 g/mol.